The van der Waals surface area contributed by atoms with Crippen LogP contribution in [0.5, 0.6) is 5.75 Å². The molecule has 0 atom stereocenters. The van der Waals surface area contributed by atoms with E-state index in [1.165, 1.54) is 0 Å². The van der Waals surface area contributed by atoms with Crippen molar-refractivity contribution in [2.45, 2.75) is 0 Å². The van der Waals surface area contributed by atoms with Crippen molar-refractivity contribution in [3.63, 3.8) is 0 Å². The number of amidine groups is 1. The highest BCUT2D eigenvalue weighted by Gasteiger charge is 2.18. The van der Waals surface area contributed by atoms with Gasteiger partial charge in [-0.25, -0.2) is 9.97 Å². The molecule has 0 aliphatic heterocycles. The van der Waals surface area contributed by atoms with Gasteiger partial charge in [-0.1, -0.05) is 18.2 Å². The lowest BCUT2D eigenvalue weighted by atomic mass is 10.1. The van der Waals surface area contributed by atoms with Gasteiger partial charge in [-0.15, -0.1) is 0 Å². The summed E-state index contributed by atoms with van der Waals surface area (Å²) in [6.07, 6.45) is 0. The van der Waals surface area contributed by atoms with E-state index in [-0.39, 0.29) is 11.6 Å². The van der Waals surface area contributed by atoms with Crippen LogP contribution in [-0.2, 0) is 7.05 Å². The molecule has 7 heteroatoms. The molecule has 0 aliphatic rings. The first kappa shape index (κ1) is 17.0. The van der Waals surface area contributed by atoms with Gasteiger partial charge in [0, 0.05) is 12.6 Å². The van der Waals surface area contributed by atoms with Crippen molar-refractivity contribution in [2.24, 2.45) is 12.8 Å². The second kappa shape index (κ2) is 6.20. The number of hydrogen-bond acceptors (Lipinski definition) is 4. The van der Waals surface area contributed by atoms with Gasteiger partial charge in [0.25, 0.3) is 0 Å². The van der Waals surface area contributed by atoms with E-state index in [2.05, 4.69) is 15.0 Å². The maximum atomic E-state index is 11.0. The van der Waals surface area contributed by atoms with Crippen LogP contribution in [0.3, 0.4) is 0 Å². The lowest BCUT2D eigenvalue weighted by Crippen LogP contribution is -2.10. The topological polar surface area (TPSA) is 117 Å². The molecule has 0 amide bonds. The number of nitrogens with one attached hydrogen (secondary N) is 2. The minimum atomic E-state index is -0.00487. The SMILES string of the molecule is Cn1c(-c2cccc(-c3nc4ccc(C(=N)N)cc4[nH]3)c2O)nc2ccccc21. The Morgan fingerprint density at radius 1 is 1.00 bits per heavy atom. The van der Waals surface area contributed by atoms with Crippen LogP contribution in [0.1, 0.15) is 5.56 Å². The van der Waals surface area contributed by atoms with Gasteiger partial charge in [0.1, 0.15) is 23.2 Å². The summed E-state index contributed by atoms with van der Waals surface area (Å²) in [5.41, 5.74) is 10.8. The van der Waals surface area contributed by atoms with Crippen molar-refractivity contribution in [3.05, 3.63) is 66.2 Å². The highest BCUT2D eigenvalue weighted by molar-refractivity contribution is 5.98. The number of imidazole rings is 2. The Hall–Kier alpha value is -4.13. The normalized spacial score (nSPS) is 11.3. The number of nitrogens with zero attached hydrogens (tertiary/aromatic N) is 3. The van der Waals surface area contributed by atoms with E-state index in [1.54, 1.807) is 18.2 Å². The van der Waals surface area contributed by atoms with E-state index in [4.69, 9.17) is 11.1 Å². The van der Waals surface area contributed by atoms with Gasteiger partial charge in [-0.05, 0) is 42.5 Å². The average Bonchev–Trinajstić information content (AvgIpc) is 3.29. The monoisotopic (exact) mass is 382 g/mol. The largest absolute Gasteiger partial charge is 0.506 e. The Morgan fingerprint density at radius 3 is 2.59 bits per heavy atom. The third kappa shape index (κ3) is 2.63. The summed E-state index contributed by atoms with van der Waals surface area (Å²) in [7, 11) is 1.93. The molecular weight excluding hydrogens is 364 g/mol. The zero-order valence-electron chi connectivity index (χ0n) is 15.6. The molecule has 5 aromatic rings. The van der Waals surface area contributed by atoms with E-state index in [1.807, 2.05) is 54.1 Å². The maximum absolute atomic E-state index is 11.0. The number of nitrogen functional groups attached to an aromatic ring is 1. The standard InChI is InChI=1S/C22H18N6O/c1-28-18-8-3-2-7-16(18)27-22(28)14-6-4-5-13(19(14)29)21-25-15-10-9-12(20(23)24)11-17(15)26-21/h2-11,29H,1H3,(H3,23,24)(H,25,26). The van der Waals surface area contributed by atoms with Gasteiger partial charge >= 0.3 is 0 Å². The summed E-state index contributed by atoms with van der Waals surface area (Å²) in [4.78, 5) is 12.5. The summed E-state index contributed by atoms with van der Waals surface area (Å²) in [5, 5.41) is 18.6. The average molecular weight is 382 g/mol. The Morgan fingerprint density at radius 2 is 1.79 bits per heavy atom. The fourth-order valence-electron chi connectivity index (χ4n) is 3.61. The Bertz CT molecular complexity index is 1410. The molecule has 2 aromatic heterocycles. The second-order valence-corrected chi connectivity index (χ2v) is 6.92. The van der Waals surface area contributed by atoms with Crippen molar-refractivity contribution >= 4 is 27.9 Å². The molecule has 0 saturated heterocycles. The van der Waals surface area contributed by atoms with Gasteiger partial charge < -0.3 is 20.4 Å². The van der Waals surface area contributed by atoms with Crippen LogP contribution in [0, 0.1) is 5.41 Å². The number of H-pyrrole nitrogens is 1. The summed E-state index contributed by atoms with van der Waals surface area (Å²) < 4.78 is 1.96. The van der Waals surface area contributed by atoms with Crippen molar-refractivity contribution in [1.29, 1.82) is 5.41 Å². The number of nitrogens with two attached hydrogens (primary N) is 1. The quantitative estimate of drug-likeness (QED) is 0.281. The molecule has 29 heavy (non-hydrogen) atoms. The Kier molecular flexibility index (Phi) is 3.64. The van der Waals surface area contributed by atoms with Crippen LogP contribution < -0.4 is 5.73 Å². The number of phenolic OH excluding ortho intramolecular Hbond substituents is 1. The third-order valence-electron chi connectivity index (χ3n) is 5.11. The highest BCUT2D eigenvalue weighted by atomic mass is 16.3. The number of fused-ring (bicyclic) bond motifs is 2. The van der Waals surface area contributed by atoms with Gasteiger partial charge in [0.2, 0.25) is 0 Å². The molecule has 7 nitrogen and oxygen atoms in total. The van der Waals surface area contributed by atoms with Crippen molar-refractivity contribution in [2.75, 3.05) is 0 Å². The van der Waals surface area contributed by atoms with Crippen molar-refractivity contribution < 1.29 is 5.11 Å². The van der Waals surface area contributed by atoms with Crippen LogP contribution in [0.25, 0.3) is 44.8 Å². The van der Waals surface area contributed by atoms with Gasteiger partial charge in [0.15, 0.2) is 0 Å². The zero-order valence-corrected chi connectivity index (χ0v) is 15.6. The molecule has 0 aliphatic carbocycles. The van der Waals surface area contributed by atoms with E-state index < -0.39 is 0 Å². The predicted molar refractivity (Wildman–Crippen MR) is 114 cm³/mol. The number of aromatic nitrogens is 4. The van der Waals surface area contributed by atoms with E-state index in [0.717, 1.165) is 22.1 Å². The molecular formula is C22H18N6O. The molecule has 5 rings (SSSR count). The number of para-hydroxylation sites is 3. The van der Waals surface area contributed by atoms with E-state index in [9.17, 15) is 5.11 Å². The van der Waals surface area contributed by atoms with Gasteiger partial charge in [0.05, 0.1) is 33.2 Å². The first-order valence-corrected chi connectivity index (χ1v) is 9.11. The lowest BCUT2D eigenvalue weighted by Gasteiger charge is -2.08. The maximum Gasteiger partial charge on any atom is 0.144 e. The van der Waals surface area contributed by atoms with E-state index >= 15 is 0 Å². The summed E-state index contributed by atoms with van der Waals surface area (Å²) in [5.74, 6) is 1.32. The first-order valence-electron chi connectivity index (χ1n) is 9.11. The molecule has 0 radical (unpaired) electrons. The molecule has 2 heterocycles. The van der Waals surface area contributed by atoms with Crippen LogP contribution >= 0.6 is 0 Å². The summed E-state index contributed by atoms with van der Waals surface area (Å²) in [6.45, 7) is 0. The minimum Gasteiger partial charge on any atom is -0.506 e. The number of rotatable bonds is 3. The Balaban J connectivity index is 1.67. The van der Waals surface area contributed by atoms with Crippen LogP contribution in [0.15, 0.2) is 60.7 Å². The minimum absolute atomic E-state index is 0.00487. The summed E-state index contributed by atoms with van der Waals surface area (Å²) >= 11 is 0. The fourth-order valence-corrected chi connectivity index (χ4v) is 3.61. The van der Waals surface area contributed by atoms with Gasteiger partial charge in [-0.2, -0.15) is 0 Å². The first-order chi connectivity index (χ1) is 14.0. The Labute approximate surface area is 166 Å². The smallest absolute Gasteiger partial charge is 0.144 e. The molecule has 0 bridgehead atoms. The number of aromatic amines is 1. The fraction of sp³-hybridized carbons (Fsp3) is 0.0455. The van der Waals surface area contributed by atoms with Gasteiger partial charge in [-0.3, -0.25) is 5.41 Å². The van der Waals surface area contributed by atoms with E-state index in [0.29, 0.717) is 28.3 Å². The van der Waals surface area contributed by atoms with Crippen LogP contribution in [-0.4, -0.2) is 30.5 Å². The third-order valence-corrected chi connectivity index (χ3v) is 5.11. The second-order valence-electron chi connectivity index (χ2n) is 6.92. The number of benzene rings is 3. The molecule has 5 N–H and O–H groups in total. The molecule has 0 unspecified atom stereocenters. The number of aromatic hydroxyl groups is 1. The molecule has 0 spiro atoms. The molecule has 142 valence electrons. The highest BCUT2D eigenvalue weighted by Crippen LogP contribution is 2.37. The predicted octanol–water partition coefficient (Wildman–Crippen LogP) is 3.77. The zero-order chi connectivity index (χ0) is 20.1. The number of aryl methyl sites for hydroxylation is 1. The molecule has 0 saturated carbocycles. The van der Waals surface area contributed by atoms with Crippen molar-refractivity contribution in [3.8, 4) is 28.5 Å². The molecule has 0 fully saturated rings. The molecule has 3 aromatic carbocycles. The number of phenols is 1. The lowest BCUT2D eigenvalue weighted by molar-refractivity contribution is 0.478. The van der Waals surface area contributed by atoms with Crippen LogP contribution in [0.2, 0.25) is 0 Å². The summed E-state index contributed by atoms with van der Waals surface area (Å²) in [6, 6.07) is 18.7. The van der Waals surface area contributed by atoms with Crippen LogP contribution in [0.4, 0.5) is 0 Å². The van der Waals surface area contributed by atoms with Crippen molar-refractivity contribution in [1.82, 2.24) is 19.5 Å². The number of hydrogen-bond donors (Lipinski definition) is 4.